The number of hydrogen-bond acceptors (Lipinski definition) is 3. The molecule has 0 spiro atoms. The summed E-state index contributed by atoms with van der Waals surface area (Å²) in [5.74, 6) is -1.43. The summed E-state index contributed by atoms with van der Waals surface area (Å²) < 4.78 is 0. The van der Waals surface area contributed by atoms with Gasteiger partial charge in [-0.05, 0) is 19.3 Å². The van der Waals surface area contributed by atoms with Crippen molar-refractivity contribution in [2.45, 2.75) is 71.1 Å². The van der Waals surface area contributed by atoms with E-state index in [2.05, 4.69) is 6.92 Å². The van der Waals surface area contributed by atoms with Gasteiger partial charge in [-0.1, -0.05) is 39.0 Å². The van der Waals surface area contributed by atoms with Crippen molar-refractivity contribution in [2.75, 3.05) is 6.61 Å². The molecule has 0 atom stereocenters. The Balaban J connectivity index is 0. The van der Waals surface area contributed by atoms with Crippen LogP contribution in [0.1, 0.15) is 71.1 Å². The van der Waals surface area contributed by atoms with Crippen LogP contribution in [0.4, 0.5) is 0 Å². The van der Waals surface area contributed by atoms with E-state index in [-0.39, 0.29) is 13.0 Å². The second-order valence-corrected chi connectivity index (χ2v) is 4.49. The van der Waals surface area contributed by atoms with Gasteiger partial charge in [-0.3, -0.25) is 9.59 Å². The van der Waals surface area contributed by atoms with E-state index < -0.39 is 11.9 Å². The summed E-state index contributed by atoms with van der Waals surface area (Å²) in [6.45, 7) is 2.32. The highest BCUT2D eigenvalue weighted by Crippen LogP contribution is 2.04. The first-order valence-electron chi connectivity index (χ1n) is 7.09. The molecule has 5 nitrogen and oxygen atoms in total. The number of carboxylic acids is 2. The fourth-order valence-corrected chi connectivity index (χ4v) is 1.44. The molecule has 0 heterocycles. The van der Waals surface area contributed by atoms with Gasteiger partial charge in [0.2, 0.25) is 0 Å². The molecule has 3 N–H and O–H groups in total. The molecule has 5 heteroatoms. The van der Waals surface area contributed by atoms with Gasteiger partial charge in [-0.25, -0.2) is 0 Å². The molecule has 0 amide bonds. The van der Waals surface area contributed by atoms with Crippen LogP contribution in [-0.4, -0.2) is 33.9 Å². The average Bonchev–Trinajstić information content (AvgIpc) is 2.35. The van der Waals surface area contributed by atoms with Crippen LogP contribution in [0, 0.1) is 0 Å². The molecule has 0 aromatic carbocycles. The minimum Gasteiger partial charge on any atom is -0.481 e. The summed E-state index contributed by atoms with van der Waals surface area (Å²) >= 11 is 0. The third kappa shape index (κ3) is 26.5. The number of carbonyl (C=O) groups is 2. The van der Waals surface area contributed by atoms with Gasteiger partial charge in [-0.2, -0.15) is 0 Å². The average molecular weight is 276 g/mol. The quantitative estimate of drug-likeness (QED) is 0.504. The molecule has 0 aromatic heterocycles. The van der Waals surface area contributed by atoms with Gasteiger partial charge in [0.25, 0.3) is 0 Å². The van der Waals surface area contributed by atoms with Crippen molar-refractivity contribution in [3.05, 3.63) is 0 Å². The second-order valence-electron chi connectivity index (χ2n) is 4.49. The molecule has 0 bridgehead atoms. The summed E-state index contributed by atoms with van der Waals surface area (Å²) in [6, 6.07) is 0. The monoisotopic (exact) mass is 276 g/mol. The van der Waals surface area contributed by atoms with Crippen LogP contribution in [0.2, 0.25) is 0 Å². The van der Waals surface area contributed by atoms with Gasteiger partial charge in [0.1, 0.15) is 0 Å². The van der Waals surface area contributed by atoms with E-state index >= 15 is 0 Å². The van der Waals surface area contributed by atoms with Gasteiger partial charge < -0.3 is 15.3 Å². The highest BCUT2D eigenvalue weighted by atomic mass is 16.4. The number of aliphatic hydroxyl groups is 1. The van der Waals surface area contributed by atoms with Crippen LogP contribution >= 0.6 is 0 Å². The third-order valence-electron chi connectivity index (χ3n) is 2.54. The first kappa shape index (κ1) is 20.2. The molecular formula is C14H28O5. The summed E-state index contributed by atoms with van der Waals surface area (Å²) in [7, 11) is 0. The van der Waals surface area contributed by atoms with E-state index in [1.165, 1.54) is 19.3 Å². The highest BCUT2D eigenvalue weighted by Gasteiger charge is 1.95. The zero-order valence-electron chi connectivity index (χ0n) is 11.9. The first-order valence-corrected chi connectivity index (χ1v) is 7.09. The number of aliphatic carboxylic acids is 2. The lowest BCUT2D eigenvalue weighted by molar-refractivity contribution is -0.138. The van der Waals surface area contributed by atoms with Crippen LogP contribution < -0.4 is 0 Å². The van der Waals surface area contributed by atoms with Crippen molar-refractivity contribution in [1.29, 1.82) is 0 Å². The lowest BCUT2D eigenvalue weighted by Gasteiger charge is -1.95. The van der Waals surface area contributed by atoms with Crippen LogP contribution in [0.5, 0.6) is 0 Å². The number of rotatable bonds is 11. The van der Waals surface area contributed by atoms with Crippen LogP contribution in [0.3, 0.4) is 0 Å². The van der Waals surface area contributed by atoms with Gasteiger partial charge >= 0.3 is 11.9 Å². The number of unbranched alkanes of at least 4 members (excludes halogenated alkanes) is 6. The maximum Gasteiger partial charge on any atom is 0.303 e. The predicted octanol–water partition coefficient (Wildman–Crippen LogP) is 3.06. The normalized spacial score (nSPS) is 9.58. The number of hydrogen-bond donors (Lipinski definition) is 3. The summed E-state index contributed by atoms with van der Waals surface area (Å²) in [5, 5.41) is 24.7. The Kier molecular flexibility index (Phi) is 18.0. The van der Waals surface area contributed by atoms with Gasteiger partial charge in [0.15, 0.2) is 0 Å². The molecule has 0 rings (SSSR count). The molecule has 0 radical (unpaired) electrons. The number of carboxylic acid groups (broad SMARTS) is 2. The van der Waals surface area contributed by atoms with Crippen molar-refractivity contribution in [2.24, 2.45) is 0 Å². The van der Waals surface area contributed by atoms with Crippen LogP contribution in [-0.2, 0) is 9.59 Å². The van der Waals surface area contributed by atoms with Crippen molar-refractivity contribution < 1.29 is 24.9 Å². The summed E-state index contributed by atoms with van der Waals surface area (Å²) in [6.07, 6.45) is 8.31. The van der Waals surface area contributed by atoms with E-state index in [0.29, 0.717) is 19.3 Å². The number of aliphatic hydroxyl groups excluding tert-OH is 1. The Bertz CT molecular complexity index is 216. The summed E-state index contributed by atoms with van der Waals surface area (Å²) in [4.78, 5) is 19.9. The van der Waals surface area contributed by atoms with Crippen molar-refractivity contribution in [3.8, 4) is 0 Å². The summed E-state index contributed by atoms with van der Waals surface area (Å²) in [5.41, 5.74) is 0. The standard InChI is InChI=1S/C8H16O2.C6H12O3/c1-2-3-4-5-6-7-8(9)10;7-5-3-1-2-4-6(8)9/h2-7H2,1H3,(H,9,10);7H,1-5H2,(H,8,9). The second kappa shape index (κ2) is 16.9. The van der Waals surface area contributed by atoms with Crippen molar-refractivity contribution in [1.82, 2.24) is 0 Å². The molecular weight excluding hydrogens is 248 g/mol. The van der Waals surface area contributed by atoms with Crippen LogP contribution in [0.15, 0.2) is 0 Å². The van der Waals surface area contributed by atoms with Crippen molar-refractivity contribution >= 4 is 11.9 Å². The van der Waals surface area contributed by atoms with E-state index in [4.69, 9.17) is 15.3 Å². The highest BCUT2D eigenvalue weighted by molar-refractivity contribution is 5.66. The lowest BCUT2D eigenvalue weighted by Crippen LogP contribution is -1.94. The van der Waals surface area contributed by atoms with Gasteiger partial charge in [-0.15, -0.1) is 0 Å². The molecule has 0 unspecified atom stereocenters. The smallest absolute Gasteiger partial charge is 0.303 e. The van der Waals surface area contributed by atoms with E-state index in [0.717, 1.165) is 19.3 Å². The van der Waals surface area contributed by atoms with E-state index in [1.807, 2.05) is 0 Å². The molecule has 0 aromatic rings. The largest absolute Gasteiger partial charge is 0.481 e. The minimum absolute atomic E-state index is 0.166. The molecule has 0 saturated heterocycles. The Hall–Kier alpha value is -1.10. The SMILES string of the molecule is CCCCCCCC(=O)O.O=C(O)CCCCCO. The Labute approximate surface area is 115 Å². The Morgan fingerprint density at radius 3 is 1.53 bits per heavy atom. The zero-order chi connectivity index (χ0) is 14.9. The zero-order valence-corrected chi connectivity index (χ0v) is 11.9. The molecule has 0 fully saturated rings. The third-order valence-corrected chi connectivity index (χ3v) is 2.54. The lowest BCUT2D eigenvalue weighted by atomic mass is 10.1. The molecule has 114 valence electrons. The molecule has 0 saturated carbocycles. The maximum absolute atomic E-state index is 10.0. The fourth-order valence-electron chi connectivity index (χ4n) is 1.44. The van der Waals surface area contributed by atoms with Crippen LogP contribution in [0.25, 0.3) is 0 Å². The molecule has 0 aliphatic carbocycles. The molecule has 0 aliphatic rings. The maximum atomic E-state index is 10.0. The predicted molar refractivity (Wildman–Crippen MR) is 74.2 cm³/mol. The van der Waals surface area contributed by atoms with E-state index in [1.54, 1.807) is 0 Å². The molecule has 0 aliphatic heterocycles. The first-order chi connectivity index (χ1) is 9.04. The van der Waals surface area contributed by atoms with Gasteiger partial charge in [0, 0.05) is 19.4 Å². The van der Waals surface area contributed by atoms with E-state index in [9.17, 15) is 9.59 Å². The van der Waals surface area contributed by atoms with Crippen molar-refractivity contribution in [3.63, 3.8) is 0 Å². The Morgan fingerprint density at radius 1 is 0.737 bits per heavy atom. The minimum atomic E-state index is -0.757. The molecule has 19 heavy (non-hydrogen) atoms. The van der Waals surface area contributed by atoms with Gasteiger partial charge in [0.05, 0.1) is 0 Å². The fraction of sp³-hybridized carbons (Fsp3) is 0.857. The topological polar surface area (TPSA) is 94.8 Å². The Morgan fingerprint density at radius 2 is 1.16 bits per heavy atom.